The minimum absolute atomic E-state index is 0.312. The molecule has 0 aromatic carbocycles. The van der Waals surface area contributed by atoms with E-state index in [4.69, 9.17) is 5.73 Å². The maximum Gasteiger partial charge on any atom is 0.406 e. The van der Waals surface area contributed by atoms with Crippen LogP contribution in [0.4, 0.5) is 17.2 Å². The Bertz CT molecular complexity index is 1210. The molecule has 3 N–H and O–H groups in total. The number of nitrogens with two attached hydrogens (primary N) is 1. The fourth-order valence-corrected chi connectivity index (χ4v) is 5.04. The number of allylic oxidation sites excluding steroid dienone is 3. The van der Waals surface area contributed by atoms with E-state index in [2.05, 4.69) is 96.4 Å². The SMILES string of the molecule is C=C/C(=C\C=C(/C)C#[N+]c1c(N)ncc(Br)c1N1CCN(C(C)c2cccnc2)CC1)CN(C)CCNCC. The molecule has 1 fully saturated rings. The molecule has 1 aliphatic heterocycles. The molecule has 9 heteroatoms. The number of piperazine rings is 1. The van der Waals surface area contributed by atoms with Crippen LogP contribution in [0.15, 0.2) is 71.1 Å². The molecule has 1 saturated heterocycles. The van der Waals surface area contributed by atoms with Crippen LogP contribution in [0.5, 0.6) is 0 Å². The van der Waals surface area contributed by atoms with Crippen LogP contribution < -0.4 is 16.0 Å². The van der Waals surface area contributed by atoms with Crippen molar-refractivity contribution in [2.45, 2.75) is 26.8 Å². The summed E-state index contributed by atoms with van der Waals surface area (Å²) in [5.74, 6) is 0.393. The van der Waals surface area contributed by atoms with E-state index in [0.717, 1.165) is 73.7 Å². The summed E-state index contributed by atoms with van der Waals surface area (Å²) in [6, 6.07) is 7.61. The Labute approximate surface area is 242 Å². The highest BCUT2D eigenvalue weighted by Gasteiger charge is 2.30. The second-order valence-corrected chi connectivity index (χ2v) is 10.6. The standard InChI is InChI=1S/C30H42BrN8/c1-6-25(22-37(5)14-13-33-7-2)11-10-23(3)19-35-28-29(27(31)21-36-30(28)32)39-17-15-38(16-18-39)24(4)26-9-8-12-34-20-26/h6,8-12,20-21,24,33H,1,7,13-18,22H2,2-5H3,(H2,32,36)/q+1/b23-10+,25-11+. The molecule has 0 aliphatic carbocycles. The van der Waals surface area contributed by atoms with Crippen LogP contribution >= 0.6 is 15.9 Å². The van der Waals surface area contributed by atoms with Crippen LogP contribution in [-0.4, -0.2) is 79.2 Å². The van der Waals surface area contributed by atoms with Gasteiger partial charge in [0.15, 0.2) is 0 Å². The summed E-state index contributed by atoms with van der Waals surface area (Å²) in [5, 5.41) is 3.36. The zero-order valence-corrected chi connectivity index (χ0v) is 25.3. The van der Waals surface area contributed by atoms with Crippen LogP contribution in [0.1, 0.15) is 32.4 Å². The first-order valence-corrected chi connectivity index (χ1v) is 14.3. The first-order valence-electron chi connectivity index (χ1n) is 13.5. The smallest absolute Gasteiger partial charge is 0.377 e. The topological polar surface area (TPSA) is 77.9 Å². The fourth-order valence-electron chi connectivity index (χ4n) is 4.50. The molecule has 0 bridgehead atoms. The van der Waals surface area contributed by atoms with E-state index >= 15 is 0 Å². The van der Waals surface area contributed by atoms with Crippen LogP contribution in [0.2, 0.25) is 0 Å². The number of nitrogen functional groups attached to an aromatic ring is 1. The van der Waals surface area contributed by atoms with E-state index < -0.39 is 0 Å². The van der Waals surface area contributed by atoms with Gasteiger partial charge in [-0.15, -0.1) is 0 Å². The van der Waals surface area contributed by atoms with E-state index in [1.165, 1.54) is 5.56 Å². The van der Waals surface area contributed by atoms with Crippen molar-refractivity contribution in [1.82, 2.24) is 25.1 Å². The molecule has 1 aliphatic rings. The first-order chi connectivity index (χ1) is 18.8. The van der Waals surface area contributed by atoms with Gasteiger partial charge < -0.3 is 20.9 Å². The summed E-state index contributed by atoms with van der Waals surface area (Å²) in [5.41, 5.74) is 11.2. The Kier molecular flexibility index (Phi) is 12.2. The predicted octanol–water partition coefficient (Wildman–Crippen LogP) is 5.27. The van der Waals surface area contributed by atoms with Crippen molar-refractivity contribution < 1.29 is 0 Å². The molecule has 1 atom stereocenters. The quantitative estimate of drug-likeness (QED) is 0.209. The highest BCUT2D eigenvalue weighted by atomic mass is 79.9. The maximum atomic E-state index is 6.32. The number of aromatic nitrogens is 2. The maximum absolute atomic E-state index is 6.32. The number of hydrogen-bond acceptors (Lipinski definition) is 7. The number of hydrogen-bond donors (Lipinski definition) is 2. The molecule has 208 valence electrons. The Morgan fingerprint density at radius 1 is 1.31 bits per heavy atom. The lowest BCUT2D eigenvalue weighted by atomic mass is 10.1. The van der Waals surface area contributed by atoms with Crippen molar-refractivity contribution >= 4 is 33.1 Å². The summed E-state index contributed by atoms with van der Waals surface area (Å²) in [6.45, 7) is 17.6. The molecule has 3 rings (SSSR count). The Hall–Kier alpha value is -3.03. The van der Waals surface area contributed by atoms with Crippen LogP contribution in [0.3, 0.4) is 0 Å². The molecule has 1 unspecified atom stereocenters. The minimum atomic E-state index is 0.312. The lowest BCUT2D eigenvalue weighted by Gasteiger charge is -2.38. The van der Waals surface area contributed by atoms with E-state index in [1.54, 1.807) is 6.20 Å². The average molecular weight is 595 g/mol. The number of rotatable bonds is 11. The largest absolute Gasteiger partial charge is 0.406 e. The number of nitrogens with zero attached hydrogens (tertiary/aromatic N) is 6. The highest BCUT2D eigenvalue weighted by Crippen LogP contribution is 2.40. The van der Waals surface area contributed by atoms with Gasteiger partial charge in [0.25, 0.3) is 0 Å². The molecule has 3 heterocycles. The van der Waals surface area contributed by atoms with E-state index in [1.807, 2.05) is 37.5 Å². The van der Waals surface area contributed by atoms with Crippen molar-refractivity contribution in [1.29, 1.82) is 0 Å². The third-order valence-corrected chi connectivity index (χ3v) is 7.46. The molecule has 39 heavy (non-hydrogen) atoms. The Balaban J connectivity index is 1.72. The molecular formula is C30H42BrN8+. The summed E-state index contributed by atoms with van der Waals surface area (Å²) in [4.78, 5) is 20.4. The third kappa shape index (κ3) is 9.01. The summed E-state index contributed by atoms with van der Waals surface area (Å²) in [6.07, 6.45) is 11.5. The molecule has 2 aromatic heterocycles. The van der Waals surface area contributed by atoms with E-state index in [9.17, 15) is 0 Å². The second-order valence-electron chi connectivity index (χ2n) is 9.78. The predicted molar refractivity (Wildman–Crippen MR) is 168 cm³/mol. The summed E-state index contributed by atoms with van der Waals surface area (Å²) < 4.78 is 0.877. The van der Waals surface area contributed by atoms with Crippen molar-refractivity contribution in [3.8, 4) is 6.07 Å². The lowest BCUT2D eigenvalue weighted by molar-refractivity contribution is 0.198. The monoisotopic (exact) mass is 593 g/mol. The van der Waals surface area contributed by atoms with Crippen molar-refractivity contribution in [3.05, 3.63) is 81.6 Å². The molecule has 0 amide bonds. The number of anilines is 2. The summed E-state index contributed by atoms with van der Waals surface area (Å²) in [7, 11) is 2.11. The van der Waals surface area contributed by atoms with Gasteiger partial charge in [0, 0.05) is 70.4 Å². The molecular weight excluding hydrogens is 552 g/mol. The molecule has 0 saturated carbocycles. The Morgan fingerprint density at radius 3 is 2.74 bits per heavy atom. The van der Waals surface area contributed by atoms with Crippen LogP contribution in [-0.2, 0) is 0 Å². The molecule has 0 spiro atoms. The van der Waals surface area contributed by atoms with Gasteiger partial charge in [-0.1, -0.05) is 31.7 Å². The van der Waals surface area contributed by atoms with Crippen molar-refractivity contribution in [3.63, 3.8) is 0 Å². The van der Waals surface area contributed by atoms with Gasteiger partial charge in [0.1, 0.15) is 5.69 Å². The first kappa shape index (κ1) is 30.5. The van der Waals surface area contributed by atoms with Gasteiger partial charge in [-0.3, -0.25) is 9.88 Å². The van der Waals surface area contributed by atoms with Crippen LogP contribution in [0.25, 0.3) is 4.85 Å². The summed E-state index contributed by atoms with van der Waals surface area (Å²) >= 11 is 3.70. The third-order valence-electron chi connectivity index (χ3n) is 6.88. The van der Waals surface area contributed by atoms with Gasteiger partial charge in [0.2, 0.25) is 5.82 Å². The molecule has 0 radical (unpaired) electrons. The highest BCUT2D eigenvalue weighted by molar-refractivity contribution is 9.10. The zero-order chi connectivity index (χ0) is 28.2. The average Bonchev–Trinajstić information content (AvgIpc) is 2.96. The minimum Gasteiger partial charge on any atom is -0.377 e. The van der Waals surface area contributed by atoms with Crippen molar-refractivity contribution in [2.75, 3.05) is 70.0 Å². The normalized spacial score (nSPS) is 15.7. The van der Waals surface area contributed by atoms with Gasteiger partial charge in [0.05, 0.1) is 10.0 Å². The molecule has 2 aromatic rings. The zero-order valence-electron chi connectivity index (χ0n) is 23.7. The van der Waals surface area contributed by atoms with Gasteiger partial charge in [-0.05, 0) is 71.5 Å². The lowest BCUT2D eigenvalue weighted by Crippen LogP contribution is -2.47. The number of nitrogens with one attached hydrogen (secondary N) is 1. The van der Waals surface area contributed by atoms with Gasteiger partial charge >= 0.3 is 11.8 Å². The number of likely N-dealkylation sites (N-methyl/N-ethyl adjacent to an activating group) is 2. The van der Waals surface area contributed by atoms with Crippen molar-refractivity contribution in [2.24, 2.45) is 0 Å². The van der Waals surface area contributed by atoms with Gasteiger partial charge in [-0.2, -0.15) is 0 Å². The molecule has 8 nitrogen and oxygen atoms in total. The van der Waals surface area contributed by atoms with Crippen LogP contribution in [0, 0.1) is 6.07 Å². The fraction of sp³-hybridized carbons (Fsp3) is 0.433. The number of halogens is 1. The van der Waals surface area contributed by atoms with E-state index in [-0.39, 0.29) is 0 Å². The second kappa shape index (κ2) is 15.5. The van der Waals surface area contributed by atoms with E-state index in [0.29, 0.717) is 17.5 Å². The number of pyridine rings is 2. The Morgan fingerprint density at radius 2 is 2.08 bits per heavy atom. The van der Waals surface area contributed by atoms with Gasteiger partial charge in [-0.25, -0.2) is 4.98 Å².